The summed E-state index contributed by atoms with van der Waals surface area (Å²) in [4.78, 5) is 27.8. The summed E-state index contributed by atoms with van der Waals surface area (Å²) in [6.07, 6.45) is 1.74. The first-order valence-electron chi connectivity index (χ1n) is 8.66. The van der Waals surface area contributed by atoms with E-state index in [0.717, 1.165) is 10.9 Å². The molecule has 1 unspecified atom stereocenters. The second-order valence-corrected chi connectivity index (χ2v) is 6.08. The Labute approximate surface area is 156 Å². The fourth-order valence-electron chi connectivity index (χ4n) is 3.42. The van der Waals surface area contributed by atoms with Crippen molar-refractivity contribution in [2.45, 2.75) is 12.8 Å². The predicted molar refractivity (Wildman–Crippen MR) is 101 cm³/mol. The molecule has 0 saturated carbocycles. The van der Waals surface area contributed by atoms with Gasteiger partial charge in [-0.25, -0.2) is 0 Å². The lowest BCUT2D eigenvalue weighted by atomic mass is 9.80. The molecule has 2 N–H and O–H groups in total. The minimum absolute atomic E-state index is 0.112. The highest BCUT2D eigenvalue weighted by atomic mass is 16.5. The number of H-pyrrole nitrogens is 1. The molecular weight excluding hydrogens is 346 g/mol. The highest BCUT2D eigenvalue weighted by molar-refractivity contribution is 5.98. The van der Waals surface area contributed by atoms with Gasteiger partial charge in [0.2, 0.25) is 0 Å². The highest BCUT2D eigenvalue weighted by Crippen LogP contribution is 2.40. The summed E-state index contributed by atoms with van der Waals surface area (Å²) in [6, 6.07) is 14.6. The third-order valence-electron chi connectivity index (χ3n) is 4.55. The van der Waals surface area contributed by atoms with Crippen molar-refractivity contribution in [2.75, 3.05) is 13.7 Å². The lowest BCUT2D eigenvalue weighted by Gasteiger charge is -2.23. The number of ether oxygens (including phenoxy) is 2. The van der Waals surface area contributed by atoms with Crippen LogP contribution in [0.1, 0.15) is 24.0 Å². The van der Waals surface area contributed by atoms with Crippen LogP contribution in [0, 0.1) is 5.92 Å². The molecule has 0 aliphatic rings. The standard InChI is InChI=1S/C21H21NO5/c1-3-27-21(25)19(20(23)24)17(13-8-5-4-6-9-13)14-12-22-15-10-7-11-16(26-2)18(14)15/h4-12,17,19,22H,3H2,1-2H3,(H,23,24)/t17-,19?/m0/s1. The number of nitrogens with one attached hydrogen (secondary N) is 1. The predicted octanol–water partition coefficient (Wildman–Crippen LogP) is 3.57. The molecule has 0 spiro atoms. The zero-order valence-corrected chi connectivity index (χ0v) is 15.1. The molecule has 2 atom stereocenters. The average Bonchev–Trinajstić information content (AvgIpc) is 3.10. The number of carbonyl (C=O) groups excluding carboxylic acids is 1. The number of carbonyl (C=O) groups is 2. The van der Waals surface area contributed by atoms with Crippen molar-refractivity contribution < 1.29 is 24.2 Å². The number of fused-ring (bicyclic) bond motifs is 1. The second-order valence-electron chi connectivity index (χ2n) is 6.08. The molecular formula is C21H21NO5. The lowest BCUT2D eigenvalue weighted by Crippen LogP contribution is -2.32. The van der Waals surface area contributed by atoms with Crippen LogP contribution in [0.4, 0.5) is 0 Å². The van der Waals surface area contributed by atoms with E-state index in [1.165, 1.54) is 0 Å². The maximum atomic E-state index is 12.5. The van der Waals surface area contributed by atoms with Crippen LogP contribution in [0.25, 0.3) is 10.9 Å². The molecule has 0 saturated heterocycles. The average molecular weight is 367 g/mol. The van der Waals surface area contributed by atoms with Gasteiger partial charge < -0.3 is 19.6 Å². The molecule has 27 heavy (non-hydrogen) atoms. The molecule has 3 rings (SSSR count). The molecule has 1 heterocycles. The van der Waals surface area contributed by atoms with Crippen molar-refractivity contribution in [2.24, 2.45) is 5.92 Å². The number of aromatic nitrogens is 1. The molecule has 0 radical (unpaired) electrons. The third kappa shape index (κ3) is 3.51. The number of aromatic amines is 1. The molecule has 0 bridgehead atoms. The number of methoxy groups -OCH3 is 1. The topological polar surface area (TPSA) is 88.6 Å². The summed E-state index contributed by atoms with van der Waals surface area (Å²) in [7, 11) is 1.56. The van der Waals surface area contributed by atoms with Gasteiger partial charge in [0.15, 0.2) is 5.92 Å². The first-order valence-corrected chi connectivity index (χ1v) is 8.66. The minimum Gasteiger partial charge on any atom is -0.496 e. The van der Waals surface area contributed by atoms with Gasteiger partial charge in [-0.3, -0.25) is 9.59 Å². The van der Waals surface area contributed by atoms with Gasteiger partial charge in [-0.1, -0.05) is 36.4 Å². The van der Waals surface area contributed by atoms with Crippen molar-refractivity contribution >= 4 is 22.8 Å². The molecule has 140 valence electrons. The molecule has 0 aliphatic carbocycles. The molecule has 0 fully saturated rings. The Bertz CT molecular complexity index is 948. The number of aliphatic carboxylic acids is 1. The fourth-order valence-corrected chi connectivity index (χ4v) is 3.42. The van der Waals surface area contributed by atoms with Gasteiger partial charge in [0, 0.05) is 23.0 Å². The van der Waals surface area contributed by atoms with E-state index in [2.05, 4.69) is 4.98 Å². The number of esters is 1. The van der Waals surface area contributed by atoms with E-state index in [9.17, 15) is 14.7 Å². The van der Waals surface area contributed by atoms with Crippen molar-refractivity contribution in [3.8, 4) is 5.75 Å². The largest absolute Gasteiger partial charge is 0.496 e. The van der Waals surface area contributed by atoms with E-state index >= 15 is 0 Å². The number of carboxylic acid groups (broad SMARTS) is 1. The third-order valence-corrected chi connectivity index (χ3v) is 4.55. The van der Waals surface area contributed by atoms with E-state index in [1.54, 1.807) is 20.2 Å². The monoisotopic (exact) mass is 367 g/mol. The maximum absolute atomic E-state index is 12.5. The van der Waals surface area contributed by atoms with Gasteiger partial charge in [-0.05, 0) is 30.2 Å². The van der Waals surface area contributed by atoms with Gasteiger partial charge >= 0.3 is 11.9 Å². The second kappa shape index (κ2) is 7.95. The van der Waals surface area contributed by atoms with Gasteiger partial charge in [0.05, 0.1) is 13.7 Å². The number of rotatable bonds is 7. The van der Waals surface area contributed by atoms with Crippen LogP contribution in [0.3, 0.4) is 0 Å². The summed E-state index contributed by atoms with van der Waals surface area (Å²) >= 11 is 0. The van der Waals surface area contributed by atoms with Crippen molar-refractivity contribution in [3.05, 3.63) is 65.9 Å². The molecule has 6 nitrogen and oxygen atoms in total. The summed E-state index contributed by atoms with van der Waals surface area (Å²) in [5.41, 5.74) is 2.19. The lowest BCUT2D eigenvalue weighted by molar-refractivity contribution is -0.159. The Morgan fingerprint density at radius 3 is 2.48 bits per heavy atom. The maximum Gasteiger partial charge on any atom is 0.321 e. The fraction of sp³-hybridized carbons (Fsp3) is 0.238. The summed E-state index contributed by atoms with van der Waals surface area (Å²) in [5, 5.41) is 10.6. The van der Waals surface area contributed by atoms with Crippen molar-refractivity contribution in [1.82, 2.24) is 4.98 Å². The van der Waals surface area contributed by atoms with Crippen molar-refractivity contribution in [3.63, 3.8) is 0 Å². The van der Waals surface area contributed by atoms with Crippen molar-refractivity contribution in [1.29, 1.82) is 0 Å². The summed E-state index contributed by atoms with van der Waals surface area (Å²) < 4.78 is 10.6. The Morgan fingerprint density at radius 1 is 1.11 bits per heavy atom. The Hall–Kier alpha value is -3.28. The Balaban J connectivity index is 2.25. The van der Waals surface area contributed by atoms with Crippen LogP contribution in [-0.4, -0.2) is 35.7 Å². The molecule has 0 amide bonds. The van der Waals surface area contributed by atoms with Gasteiger partial charge in [-0.2, -0.15) is 0 Å². The zero-order valence-electron chi connectivity index (χ0n) is 15.1. The van der Waals surface area contributed by atoms with Crippen LogP contribution < -0.4 is 4.74 Å². The van der Waals surface area contributed by atoms with Gasteiger partial charge in [0.1, 0.15) is 5.75 Å². The smallest absolute Gasteiger partial charge is 0.321 e. The van der Waals surface area contributed by atoms with E-state index in [1.807, 2.05) is 48.5 Å². The van der Waals surface area contributed by atoms with Gasteiger partial charge in [-0.15, -0.1) is 0 Å². The quantitative estimate of drug-likeness (QED) is 0.492. The summed E-state index contributed by atoms with van der Waals surface area (Å²) in [5.74, 6) is -3.49. The molecule has 3 aromatic rings. The van der Waals surface area contributed by atoms with Crippen LogP contribution in [0.15, 0.2) is 54.7 Å². The number of hydrogen-bond donors (Lipinski definition) is 2. The number of benzene rings is 2. The van der Waals surface area contributed by atoms with E-state index < -0.39 is 23.8 Å². The summed E-state index contributed by atoms with van der Waals surface area (Å²) in [6.45, 7) is 1.77. The normalized spacial score (nSPS) is 13.1. The van der Waals surface area contributed by atoms with E-state index in [0.29, 0.717) is 16.9 Å². The molecule has 1 aromatic heterocycles. The van der Waals surface area contributed by atoms with E-state index in [4.69, 9.17) is 9.47 Å². The zero-order chi connectivity index (χ0) is 19.4. The Morgan fingerprint density at radius 2 is 1.85 bits per heavy atom. The van der Waals surface area contributed by atoms with Crippen LogP contribution in [0.5, 0.6) is 5.75 Å². The van der Waals surface area contributed by atoms with E-state index in [-0.39, 0.29) is 6.61 Å². The molecule has 2 aromatic carbocycles. The highest BCUT2D eigenvalue weighted by Gasteiger charge is 2.39. The SMILES string of the molecule is CCOC(=O)C(C(=O)O)[C@@H](c1ccccc1)c1c[nH]c2cccc(OC)c12. The van der Waals surface area contributed by atoms with Crippen LogP contribution in [0.2, 0.25) is 0 Å². The first-order chi connectivity index (χ1) is 13.1. The molecule has 6 heteroatoms. The number of hydrogen-bond acceptors (Lipinski definition) is 4. The van der Waals surface area contributed by atoms with Gasteiger partial charge in [0.25, 0.3) is 0 Å². The van der Waals surface area contributed by atoms with Crippen LogP contribution in [-0.2, 0) is 14.3 Å². The first kappa shape index (κ1) is 18.5. The minimum atomic E-state index is -1.38. The van der Waals surface area contributed by atoms with Crippen LogP contribution >= 0.6 is 0 Å². The Kier molecular flexibility index (Phi) is 5.45. The molecule has 0 aliphatic heterocycles. The number of carboxylic acids is 1.